The minimum Gasteiger partial charge on any atom is -0.310 e. The predicted octanol–water partition coefficient (Wildman–Crippen LogP) is 4.54. The van der Waals surface area contributed by atoms with Crippen molar-refractivity contribution in [2.24, 2.45) is 5.92 Å². The van der Waals surface area contributed by atoms with Crippen LogP contribution in [0.1, 0.15) is 44.6 Å². The largest absolute Gasteiger partial charge is 0.310 e. The molecule has 100 valence electrons. The van der Waals surface area contributed by atoms with E-state index in [0.717, 1.165) is 5.56 Å². The molecule has 0 saturated heterocycles. The Morgan fingerprint density at radius 1 is 1.22 bits per heavy atom. The van der Waals surface area contributed by atoms with Crippen LogP contribution in [0.15, 0.2) is 18.2 Å². The van der Waals surface area contributed by atoms with Crippen LogP contribution in [0.25, 0.3) is 0 Å². The molecule has 2 rings (SSSR count). The maximum absolute atomic E-state index is 13.2. The fourth-order valence-electron chi connectivity index (χ4n) is 2.76. The van der Waals surface area contributed by atoms with Crippen LogP contribution in [0.2, 0.25) is 5.02 Å². The Hall–Kier alpha value is -0.600. The molecule has 1 saturated carbocycles. The third kappa shape index (κ3) is 3.96. The van der Waals surface area contributed by atoms with Crippen molar-refractivity contribution in [1.29, 1.82) is 0 Å². The molecule has 2 atom stereocenters. The first kappa shape index (κ1) is 13.8. The van der Waals surface area contributed by atoms with E-state index in [4.69, 9.17) is 11.6 Å². The lowest BCUT2D eigenvalue weighted by molar-refractivity contribution is 0.356. The first-order valence-corrected chi connectivity index (χ1v) is 7.21. The smallest absolute Gasteiger partial charge is 0.125 e. The van der Waals surface area contributed by atoms with Gasteiger partial charge in [0.1, 0.15) is 5.82 Å². The summed E-state index contributed by atoms with van der Waals surface area (Å²) in [6.07, 6.45) is 6.50. The Labute approximate surface area is 114 Å². The van der Waals surface area contributed by atoms with Crippen LogP contribution >= 0.6 is 11.6 Å². The molecule has 1 aliphatic rings. The van der Waals surface area contributed by atoms with Gasteiger partial charge in [0.15, 0.2) is 0 Å². The molecule has 1 nitrogen and oxygen atoms in total. The Balaban J connectivity index is 1.93. The molecule has 0 spiro atoms. The zero-order chi connectivity index (χ0) is 13.0. The van der Waals surface area contributed by atoms with E-state index >= 15 is 0 Å². The molecule has 0 heterocycles. The Bertz CT molecular complexity index is 374. The molecule has 18 heavy (non-hydrogen) atoms. The van der Waals surface area contributed by atoms with Crippen molar-refractivity contribution >= 4 is 11.6 Å². The third-order valence-corrected chi connectivity index (χ3v) is 4.07. The molecule has 1 aromatic carbocycles. The average Bonchev–Trinajstić information content (AvgIpc) is 2.50. The number of benzene rings is 1. The summed E-state index contributed by atoms with van der Waals surface area (Å²) in [6.45, 7) is 3.01. The summed E-state index contributed by atoms with van der Waals surface area (Å²) in [5.74, 6) is 0.449. The SMILES string of the molecule is CC1CCCCCC1NCc1cc(F)cc(Cl)c1. The normalized spacial score (nSPS) is 24.8. The maximum Gasteiger partial charge on any atom is 0.125 e. The number of halogens is 2. The monoisotopic (exact) mass is 269 g/mol. The molecule has 3 heteroatoms. The van der Waals surface area contributed by atoms with Crippen LogP contribution in [0.3, 0.4) is 0 Å². The van der Waals surface area contributed by atoms with E-state index in [9.17, 15) is 4.39 Å². The lowest BCUT2D eigenvalue weighted by atomic mass is 9.97. The van der Waals surface area contributed by atoms with Crippen molar-refractivity contribution in [3.8, 4) is 0 Å². The van der Waals surface area contributed by atoms with E-state index < -0.39 is 0 Å². The highest BCUT2D eigenvalue weighted by atomic mass is 35.5. The molecule has 0 aromatic heterocycles. The van der Waals surface area contributed by atoms with Gasteiger partial charge in [-0.1, -0.05) is 37.8 Å². The second-order valence-electron chi connectivity index (χ2n) is 5.38. The van der Waals surface area contributed by atoms with Gasteiger partial charge in [-0.25, -0.2) is 4.39 Å². The zero-order valence-electron chi connectivity index (χ0n) is 10.9. The topological polar surface area (TPSA) is 12.0 Å². The van der Waals surface area contributed by atoms with Crippen molar-refractivity contribution in [3.63, 3.8) is 0 Å². The van der Waals surface area contributed by atoms with Gasteiger partial charge in [0.25, 0.3) is 0 Å². The summed E-state index contributed by atoms with van der Waals surface area (Å²) in [6, 6.07) is 5.29. The van der Waals surface area contributed by atoms with E-state index in [0.29, 0.717) is 23.5 Å². The summed E-state index contributed by atoms with van der Waals surface area (Å²) < 4.78 is 13.2. The lowest BCUT2D eigenvalue weighted by Crippen LogP contribution is -2.33. The number of rotatable bonds is 3. The van der Waals surface area contributed by atoms with Crippen LogP contribution < -0.4 is 5.32 Å². The van der Waals surface area contributed by atoms with Gasteiger partial charge in [-0.15, -0.1) is 0 Å². The molecular formula is C15H21ClFN. The lowest BCUT2D eigenvalue weighted by Gasteiger charge is -2.23. The van der Waals surface area contributed by atoms with Crippen molar-refractivity contribution in [2.75, 3.05) is 0 Å². The molecular weight excluding hydrogens is 249 g/mol. The molecule has 1 aromatic rings. The summed E-state index contributed by atoms with van der Waals surface area (Å²) in [7, 11) is 0. The first-order chi connectivity index (χ1) is 8.65. The van der Waals surface area contributed by atoms with Gasteiger partial charge in [0.2, 0.25) is 0 Å². The second kappa shape index (κ2) is 6.53. The second-order valence-corrected chi connectivity index (χ2v) is 5.82. The zero-order valence-corrected chi connectivity index (χ0v) is 11.6. The van der Waals surface area contributed by atoms with E-state index in [1.54, 1.807) is 6.07 Å². The van der Waals surface area contributed by atoms with Gasteiger partial charge >= 0.3 is 0 Å². The summed E-state index contributed by atoms with van der Waals surface area (Å²) >= 11 is 5.86. The van der Waals surface area contributed by atoms with Crippen LogP contribution in [-0.2, 0) is 6.54 Å². The Morgan fingerprint density at radius 2 is 2.00 bits per heavy atom. The average molecular weight is 270 g/mol. The van der Waals surface area contributed by atoms with Crippen molar-refractivity contribution in [2.45, 2.75) is 51.6 Å². The molecule has 0 radical (unpaired) electrons. The fourth-order valence-corrected chi connectivity index (χ4v) is 3.00. The quantitative estimate of drug-likeness (QED) is 0.795. The number of hydrogen-bond donors (Lipinski definition) is 1. The van der Waals surface area contributed by atoms with Gasteiger partial charge in [-0.2, -0.15) is 0 Å². The third-order valence-electron chi connectivity index (χ3n) is 3.85. The maximum atomic E-state index is 13.2. The highest BCUT2D eigenvalue weighted by molar-refractivity contribution is 6.30. The van der Waals surface area contributed by atoms with E-state index in [2.05, 4.69) is 12.2 Å². The fraction of sp³-hybridized carbons (Fsp3) is 0.600. The Kier molecular flexibility index (Phi) is 5.02. The summed E-state index contributed by atoms with van der Waals surface area (Å²) in [4.78, 5) is 0. The van der Waals surface area contributed by atoms with E-state index in [-0.39, 0.29) is 5.82 Å². The minimum atomic E-state index is -0.256. The van der Waals surface area contributed by atoms with Crippen LogP contribution in [0.4, 0.5) is 4.39 Å². The number of nitrogens with one attached hydrogen (secondary N) is 1. The molecule has 2 unspecified atom stereocenters. The first-order valence-electron chi connectivity index (χ1n) is 6.83. The Morgan fingerprint density at radius 3 is 2.78 bits per heavy atom. The van der Waals surface area contributed by atoms with Gasteiger partial charge in [-0.05, 0) is 42.5 Å². The van der Waals surface area contributed by atoms with Crippen molar-refractivity contribution < 1.29 is 4.39 Å². The van der Waals surface area contributed by atoms with Gasteiger partial charge in [-0.3, -0.25) is 0 Å². The molecule has 0 aliphatic heterocycles. The van der Waals surface area contributed by atoms with Crippen LogP contribution in [-0.4, -0.2) is 6.04 Å². The van der Waals surface area contributed by atoms with E-state index in [1.807, 2.05) is 6.07 Å². The molecule has 1 aliphatic carbocycles. The summed E-state index contributed by atoms with van der Waals surface area (Å²) in [5, 5.41) is 4.03. The van der Waals surface area contributed by atoms with Crippen LogP contribution in [0.5, 0.6) is 0 Å². The van der Waals surface area contributed by atoms with Gasteiger partial charge in [0, 0.05) is 17.6 Å². The minimum absolute atomic E-state index is 0.256. The van der Waals surface area contributed by atoms with Gasteiger partial charge < -0.3 is 5.32 Å². The molecule has 1 fully saturated rings. The van der Waals surface area contributed by atoms with Crippen LogP contribution in [0, 0.1) is 11.7 Å². The molecule has 1 N–H and O–H groups in total. The highest BCUT2D eigenvalue weighted by Gasteiger charge is 2.19. The number of hydrogen-bond acceptors (Lipinski definition) is 1. The molecule has 0 bridgehead atoms. The van der Waals surface area contributed by atoms with Crippen molar-refractivity contribution in [1.82, 2.24) is 5.32 Å². The van der Waals surface area contributed by atoms with Crippen molar-refractivity contribution in [3.05, 3.63) is 34.6 Å². The van der Waals surface area contributed by atoms with E-state index in [1.165, 1.54) is 38.2 Å². The predicted molar refractivity (Wildman–Crippen MR) is 74.3 cm³/mol. The van der Waals surface area contributed by atoms with Gasteiger partial charge in [0.05, 0.1) is 0 Å². The molecule has 0 amide bonds. The highest BCUT2D eigenvalue weighted by Crippen LogP contribution is 2.23. The summed E-state index contributed by atoms with van der Waals surface area (Å²) in [5.41, 5.74) is 0.927. The standard InChI is InChI=1S/C15H21ClFN/c1-11-5-3-2-4-6-15(11)18-10-12-7-13(16)9-14(17)8-12/h7-9,11,15,18H,2-6,10H2,1H3.